The van der Waals surface area contributed by atoms with Gasteiger partial charge < -0.3 is 20.1 Å². The zero-order chi connectivity index (χ0) is 17.1. The fourth-order valence-corrected chi connectivity index (χ4v) is 2.44. The summed E-state index contributed by atoms with van der Waals surface area (Å²) in [6.07, 6.45) is 0.485. The minimum Gasteiger partial charge on any atom is -0.497 e. The molecule has 1 amide bonds. The summed E-state index contributed by atoms with van der Waals surface area (Å²) in [5, 5.41) is 12.8. The maximum Gasteiger partial charge on any atom is 0.253 e. The minimum absolute atomic E-state index is 0.0194. The quantitative estimate of drug-likeness (QED) is 0.669. The van der Waals surface area contributed by atoms with E-state index in [-0.39, 0.29) is 12.1 Å². The lowest BCUT2D eigenvalue weighted by Gasteiger charge is -2.13. The molecule has 3 N–H and O–H groups in total. The number of nitrogens with one attached hydrogen (secondary N) is 2. The molecule has 0 saturated carbocycles. The van der Waals surface area contributed by atoms with Crippen LogP contribution < -0.4 is 10.1 Å². The molecule has 2 aromatic carbocycles. The Labute approximate surface area is 137 Å². The summed E-state index contributed by atoms with van der Waals surface area (Å²) in [7, 11) is 1.53. The Kier molecular flexibility index (Phi) is 4.43. The highest BCUT2D eigenvalue weighted by Gasteiger charge is 2.16. The molecule has 0 saturated heterocycles. The van der Waals surface area contributed by atoms with E-state index in [9.17, 15) is 14.3 Å². The Morgan fingerprint density at radius 3 is 3.04 bits per heavy atom. The van der Waals surface area contributed by atoms with Gasteiger partial charge in [0.1, 0.15) is 17.1 Å². The van der Waals surface area contributed by atoms with Gasteiger partial charge in [0.2, 0.25) is 0 Å². The van der Waals surface area contributed by atoms with Gasteiger partial charge >= 0.3 is 0 Å². The van der Waals surface area contributed by atoms with Crippen LogP contribution in [0.4, 0.5) is 4.39 Å². The number of fused-ring (bicyclic) bond motifs is 1. The Balaban J connectivity index is 1.73. The van der Waals surface area contributed by atoms with Gasteiger partial charge in [-0.3, -0.25) is 4.79 Å². The van der Waals surface area contributed by atoms with Crippen LogP contribution in [-0.4, -0.2) is 34.6 Å². The largest absolute Gasteiger partial charge is 0.497 e. The maximum absolute atomic E-state index is 13.6. The molecular formula is C17H16FN3O3. The maximum atomic E-state index is 13.6. The number of hydrogen-bond acceptors (Lipinski definition) is 4. The number of aliphatic hydroxyl groups excluding tert-OH is 1. The van der Waals surface area contributed by atoms with E-state index in [1.54, 1.807) is 24.3 Å². The van der Waals surface area contributed by atoms with Crippen LogP contribution >= 0.6 is 0 Å². The van der Waals surface area contributed by atoms with E-state index < -0.39 is 17.8 Å². The number of aromatic nitrogens is 2. The summed E-state index contributed by atoms with van der Waals surface area (Å²) < 4.78 is 18.7. The molecule has 3 rings (SSSR count). The molecule has 1 unspecified atom stereocenters. The third-order valence-electron chi connectivity index (χ3n) is 3.67. The first kappa shape index (κ1) is 15.9. The Hall–Kier alpha value is -2.93. The molecule has 1 atom stereocenters. The van der Waals surface area contributed by atoms with E-state index in [1.165, 1.54) is 19.5 Å². The van der Waals surface area contributed by atoms with Crippen LogP contribution in [0.1, 0.15) is 22.0 Å². The van der Waals surface area contributed by atoms with Gasteiger partial charge in [-0.25, -0.2) is 9.37 Å². The molecule has 0 radical (unpaired) electrons. The van der Waals surface area contributed by atoms with Crippen molar-refractivity contribution in [3.8, 4) is 5.75 Å². The number of rotatable bonds is 5. The Morgan fingerprint density at radius 2 is 2.25 bits per heavy atom. The number of carbonyl (C=O) groups is 1. The molecule has 0 bridgehead atoms. The van der Waals surface area contributed by atoms with Gasteiger partial charge in [-0.05, 0) is 29.8 Å². The molecule has 0 aliphatic carbocycles. The molecule has 1 heterocycles. The highest BCUT2D eigenvalue weighted by Crippen LogP contribution is 2.20. The highest BCUT2D eigenvalue weighted by atomic mass is 19.1. The number of hydrogen-bond donors (Lipinski definition) is 3. The fraction of sp³-hybridized carbons (Fsp3) is 0.176. The minimum atomic E-state index is -0.910. The van der Waals surface area contributed by atoms with Crippen molar-refractivity contribution in [3.05, 3.63) is 59.7 Å². The number of imidazole rings is 1. The van der Waals surface area contributed by atoms with E-state index in [0.717, 1.165) is 6.07 Å². The van der Waals surface area contributed by atoms with E-state index >= 15 is 0 Å². The molecule has 24 heavy (non-hydrogen) atoms. The average molecular weight is 329 g/mol. The zero-order valence-corrected chi connectivity index (χ0v) is 12.9. The second kappa shape index (κ2) is 6.67. The predicted octanol–water partition coefficient (Wildman–Crippen LogP) is 2.17. The molecule has 0 fully saturated rings. The summed E-state index contributed by atoms with van der Waals surface area (Å²) in [5.41, 5.74) is 1.54. The predicted molar refractivity (Wildman–Crippen MR) is 86.3 cm³/mol. The smallest absolute Gasteiger partial charge is 0.253 e. The molecule has 3 aromatic rings. The lowest BCUT2D eigenvalue weighted by Crippen LogP contribution is -2.28. The molecule has 6 nitrogen and oxygen atoms in total. The van der Waals surface area contributed by atoms with Crippen molar-refractivity contribution in [3.63, 3.8) is 0 Å². The SMILES string of the molecule is COc1cccc(C(O)CNC(=O)c2cc(F)cc3[nH]cnc23)c1. The number of amides is 1. The van der Waals surface area contributed by atoms with Crippen molar-refractivity contribution in [2.24, 2.45) is 0 Å². The average Bonchev–Trinajstić information content (AvgIpc) is 3.06. The lowest BCUT2D eigenvalue weighted by molar-refractivity contribution is 0.0917. The molecule has 0 spiro atoms. The third kappa shape index (κ3) is 3.21. The first-order chi connectivity index (χ1) is 11.6. The number of benzene rings is 2. The summed E-state index contributed by atoms with van der Waals surface area (Å²) in [5.74, 6) is -0.431. The van der Waals surface area contributed by atoms with Crippen molar-refractivity contribution in [1.82, 2.24) is 15.3 Å². The number of carbonyl (C=O) groups excluding carboxylic acids is 1. The van der Waals surface area contributed by atoms with Crippen LogP contribution in [-0.2, 0) is 0 Å². The van der Waals surface area contributed by atoms with Crippen LogP contribution in [0.3, 0.4) is 0 Å². The van der Waals surface area contributed by atoms with Gasteiger partial charge in [0.15, 0.2) is 0 Å². The third-order valence-corrected chi connectivity index (χ3v) is 3.67. The number of ether oxygens (including phenoxy) is 1. The second-order valence-electron chi connectivity index (χ2n) is 5.25. The standard InChI is InChI=1S/C17H16FN3O3/c1-24-12-4-2-3-10(5-12)15(22)8-19-17(23)13-6-11(18)7-14-16(13)21-9-20-14/h2-7,9,15,22H,8H2,1H3,(H,19,23)(H,20,21). The van der Waals surface area contributed by atoms with Gasteiger partial charge in [0, 0.05) is 6.54 Å². The van der Waals surface area contributed by atoms with Gasteiger partial charge in [-0.2, -0.15) is 0 Å². The van der Waals surface area contributed by atoms with Crippen molar-refractivity contribution in [2.45, 2.75) is 6.10 Å². The van der Waals surface area contributed by atoms with E-state index in [1.807, 2.05) is 0 Å². The van der Waals surface area contributed by atoms with Crippen LogP contribution in [0.2, 0.25) is 0 Å². The topological polar surface area (TPSA) is 87.2 Å². The summed E-state index contributed by atoms with van der Waals surface area (Å²) in [6, 6.07) is 9.31. The van der Waals surface area contributed by atoms with Crippen molar-refractivity contribution < 1.29 is 19.0 Å². The molecule has 1 aromatic heterocycles. The number of nitrogens with zero attached hydrogens (tertiary/aromatic N) is 1. The first-order valence-electron chi connectivity index (χ1n) is 7.31. The van der Waals surface area contributed by atoms with Gasteiger partial charge in [0.05, 0.1) is 30.6 Å². The molecule has 0 aliphatic heterocycles. The van der Waals surface area contributed by atoms with Crippen molar-refractivity contribution in [1.29, 1.82) is 0 Å². The van der Waals surface area contributed by atoms with Gasteiger partial charge in [-0.15, -0.1) is 0 Å². The number of halogens is 1. The molecule has 7 heteroatoms. The van der Waals surface area contributed by atoms with Crippen LogP contribution in [0.15, 0.2) is 42.7 Å². The normalized spacial score (nSPS) is 12.1. The van der Waals surface area contributed by atoms with Crippen LogP contribution in [0, 0.1) is 5.82 Å². The number of aliphatic hydroxyl groups is 1. The van der Waals surface area contributed by atoms with Crippen LogP contribution in [0.25, 0.3) is 11.0 Å². The van der Waals surface area contributed by atoms with E-state index in [4.69, 9.17) is 4.74 Å². The molecular weight excluding hydrogens is 313 g/mol. The van der Waals surface area contributed by atoms with Crippen LogP contribution in [0.5, 0.6) is 5.75 Å². The number of aromatic amines is 1. The summed E-state index contributed by atoms with van der Waals surface area (Å²) in [6.45, 7) is -0.0194. The highest BCUT2D eigenvalue weighted by molar-refractivity contribution is 6.04. The summed E-state index contributed by atoms with van der Waals surface area (Å²) >= 11 is 0. The van der Waals surface area contributed by atoms with E-state index in [2.05, 4.69) is 15.3 Å². The Bertz CT molecular complexity index is 878. The molecule has 0 aliphatic rings. The fourth-order valence-electron chi connectivity index (χ4n) is 2.44. The second-order valence-corrected chi connectivity index (χ2v) is 5.25. The monoisotopic (exact) mass is 329 g/mol. The van der Waals surface area contributed by atoms with Crippen molar-refractivity contribution >= 4 is 16.9 Å². The summed E-state index contributed by atoms with van der Waals surface area (Å²) in [4.78, 5) is 19.1. The van der Waals surface area contributed by atoms with E-state index in [0.29, 0.717) is 22.3 Å². The van der Waals surface area contributed by atoms with Crippen molar-refractivity contribution in [2.75, 3.05) is 13.7 Å². The number of methoxy groups -OCH3 is 1. The number of H-pyrrole nitrogens is 1. The lowest BCUT2D eigenvalue weighted by atomic mass is 10.1. The first-order valence-corrected chi connectivity index (χ1v) is 7.31. The van der Waals surface area contributed by atoms with Gasteiger partial charge in [0.25, 0.3) is 5.91 Å². The Morgan fingerprint density at radius 1 is 1.42 bits per heavy atom. The zero-order valence-electron chi connectivity index (χ0n) is 12.9. The molecule has 124 valence electrons. The van der Waals surface area contributed by atoms with Gasteiger partial charge in [-0.1, -0.05) is 12.1 Å².